The predicted molar refractivity (Wildman–Crippen MR) is 125 cm³/mol. The molecule has 168 valence electrons. The molecule has 2 amide bonds. The van der Waals surface area contributed by atoms with Crippen molar-refractivity contribution in [2.45, 2.75) is 13.2 Å². The Morgan fingerprint density at radius 1 is 1.19 bits per heavy atom. The molecule has 1 saturated heterocycles. The van der Waals surface area contributed by atoms with E-state index in [0.717, 1.165) is 23.7 Å². The van der Waals surface area contributed by atoms with Gasteiger partial charge in [0.15, 0.2) is 0 Å². The van der Waals surface area contributed by atoms with Crippen LogP contribution in [0, 0.1) is 0 Å². The maximum Gasteiger partial charge on any atom is 0.261 e. The van der Waals surface area contributed by atoms with Crippen molar-refractivity contribution in [2.24, 2.45) is 0 Å². The number of imidazole rings is 1. The number of anilines is 1. The van der Waals surface area contributed by atoms with Crippen LogP contribution in [-0.2, 0) is 22.7 Å². The number of hydrogen-bond acceptors (Lipinski definition) is 6. The summed E-state index contributed by atoms with van der Waals surface area (Å²) in [6.07, 6.45) is 1.88. The minimum absolute atomic E-state index is 0.0965. The summed E-state index contributed by atoms with van der Waals surface area (Å²) in [5.74, 6) is 0.629. The maximum atomic E-state index is 12.3. The molecular formula is C22H24ClN5O3S. The Kier molecular flexibility index (Phi) is 6.90. The number of carbonyl (C=O) groups excluding carboxylic acids is 2. The Labute approximate surface area is 195 Å². The van der Waals surface area contributed by atoms with E-state index in [9.17, 15) is 9.59 Å². The van der Waals surface area contributed by atoms with E-state index in [1.54, 1.807) is 19.2 Å². The number of rotatable bonds is 7. The zero-order valence-electron chi connectivity index (χ0n) is 17.9. The molecule has 1 aliphatic rings. The fourth-order valence-corrected chi connectivity index (χ4v) is 4.52. The lowest BCUT2D eigenvalue weighted by Crippen LogP contribution is -2.48. The van der Waals surface area contributed by atoms with Gasteiger partial charge in [0.05, 0.1) is 28.0 Å². The molecule has 1 aliphatic heterocycles. The third kappa shape index (κ3) is 5.02. The van der Waals surface area contributed by atoms with Crippen LogP contribution >= 0.6 is 22.9 Å². The quantitative estimate of drug-likeness (QED) is 0.570. The molecule has 0 radical (unpaired) electrons. The number of benzene rings is 1. The van der Waals surface area contributed by atoms with E-state index in [0.29, 0.717) is 34.6 Å². The molecule has 0 atom stereocenters. The number of carbonyl (C=O) groups is 2. The highest BCUT2D eigenvalue weighted by Crippen LogP contribution is 2.23. The van der Waals surface area contributed by atoms with Crippen molar-refractivity contribution in [3.8, 4) is 5.69 Å². The first-order valence-corrected chi connectivity index (χ1v) is 11.3. The van der Waals surface area contributed by atoms with Crippen LogP contribution in [0.1, 0.15) is 21.2 Å². The number of aromatic nitrogens is 2. The van der Waals surface area contributed by atoms with Crippen molar-refractivity contribution in [3.63, 3.8) is 0 Å². The van der Waals surface area contributed by atoms with Crippen LogP contribution < -0.4 is 10.2 Å². The molecule has 32 heavy (non-hydrogen) atoms. The summed E-state index contributed by atoms with van der Waals surface area (Å²) in [7, 11) is 3.56. The monoisotopic (exact) mass is 473 g/mol. The number of piperazine rings is 1. The summed E-state index contributed by atoms with van der Waals surface area (Å²) in [5, 5.41) is 2.87. The summed E-state index contributed by atoms with van der Waals surface area (Å²) in [4.78, 5) is 33.6. The third-order valence-electron chi connectivity index (χ3n) is 5.18. The van der Waals surface area contributed by atoms with Gasteiger partial charge in [0.2, 0.25) is 5.91 Å². The van der Waals surface area contributed by atoms with Crippen molar-refractivity contribution in [2.75, 3.05) is 38.7 Å². The summed E-state index contributed by atoms with van der Waals surface area (Å²) in [6.45, 7) is 2.56. The first kappa shape index (κ1) is 22.5. The smallest absolute Gasteiger partial charge is 0.261 e. The minimum atomic E-state index is -0.189. The zero-order valence-corrected chi connectivity index (χ0v) is 19.4. The van der Waals surface area contributed by atoms with Gasteiger partial charge in [-0.1, -0.05) is 11.6 Å². The highest BCUT2D eigenvalue weighted by Gasteiger charge is 2.23. The molecule has 3 heterocycles. The van der Waals surface area contributed by atoms with Gasteiger partial charge in [0, 0.05) is 37.8 Å². The van der Waals surface area contributed by atoms with Crippen molar-refractivity contribution in [1.82, 2.24) is 19.8 Å². The molecule has 3 aromatic rings. The van der Waals surface area contributed by atoms with E-state index in [1.165, 1.54) is 11.3 Å². The number of likely N-dealkylation sites (N-methyl/N-ethyl adjacent to an activating group) is 1. The van der Waals surface area contributed by atoms with Crippen LogP contribution in [0.3, 0.4) is 0 Å². The number of ether oxygens (including phenoxy) is 1. The van der Waals surface area contributed by atoms with Crippen LogP contribution in [0.25, 0.3) is 5.69 Å². The molecule has 1 aromatic carbocycles. The minimum Gasteiger partial charge on any atom is -0.377 e. The lowest BCUT2D eigenvalue weighted by Gasteiger charge is -2.32. The molecule has 0 saturated carbocycles. The number of nitrogens with one attached hydrogen (secondary N) is 1. The lowest BCUT2D eigenvalue weighted by atomic mass is 10.2. The Morgan fingerprint density at radius 2 is 1.94 bits per heavy atom. The second-order valence-electron chi connectivity index (χ2n) is 7.54. The second kappa shape index (κ2) is 9.83. The summed E-state index contributed by atoms with van der Waals surface area (Å²) in [6, 6.07) is 11.2. The number of methoxy groups -OCH3 is 1. The second-order valence-corrected chi connectivity index (χ2v) is 9.25. The lowest BCUT2D eigenvalue weighted by molar-refractivity contribution is -0.120. The number of halogens is 1. The van der Waals surface area contributed by atoms with Gasteiger partial charge in [0.25, 0.3) is 5.91 Å². The molecule has 1 fully saturated rings. The maximum absolute atomic E-state index is 12.3. The van der Waals surface area contributed by atoms with Gasteiger partial charge in [-0.15, -0.1) is 11.3 Å². The summed E-state index contributed by atoms with van der Waals surface area (Å²) < 4.78 is 7.81. The first-order chi connectivity index (χ1) is 15.4. The highest BCUT2D eigenvalue weighted by atomic mass is 35.5. The van der Waals surface area contributed by atoms with Gasteiger partial charge in [-0.2, -0.15) is 0 Å². The normalized spacial score (nSPS) is 14.7. The average molecular weight is 474 g/mol. The number of hydrogen-bond donors (Lipinski definition) is 1. The van der Waals surface area contributed by atoms with Gasteiger partial charge in [-0.3, -0.25) is 14.5 Å². The van der Waals surface area contributed by atoms with E-state index in [-0.39, 0.29) is 18.4 Å². The molecule has 1 N–H and O–H groups in total. The van der Waals surface area contributed by atoms with Gasteiger partial charge < -0.3 is 19.5 Å². The molecule has 4 rings (SSSR count). The summed E-state index contributed by atoms with van der Waals surface area (Å²) >= 11 is 7.14. The first-order valence-electron chi connectivity index (χ1n) is 10.1. The Morgan fingerprint density at radius 3 is 2.59 bits per heavy atom. The van der Waals surface area contributed by atoms with Crippen LogP contribution in [0.2, 0.25) is 4.34 Å². The van der Waals surface area contributed by atoms with Gasteiger partial charge in [0.1, 0.15) is 12.4 Å². The molecule has 8 nitrogen and oxygen atoms in total. The van der Waals surface area contributed by atoms with Crippen LogP contribution in [0.15, 0.2) is 42.6 Å². The summed E-state index contributed by atoms with van der Waals surface area (Å²) in [5.41, 5.74) is 2.49. The van der Waals surface area contributed by atoms with E-state index in [2.05, 4.69) is 10.3 Å². The third-order valence-corrected chi connectivity index (χ3v) is 6.41. The molecule has 0 aliphatic carbocycles. The molecule has 2 aromatic heterocycles. The zero-order chi connectivity index (χ0) is 22.7. The number of amides is 2. The van der Waals surface area contributed by atoms with Crippen molar-refractivity contribution in [3.05, 3.63) is 63.3 Å². The molecule has 0 unspecified atom stereocenters. The molecule has 0 spiro atoms. The van der Waals surface area contributed by atoms with Gasteiger partial charge in [-0.05, 0) is 43.4 Å². The van der Waals surface area contributed by atoms with Crippen molar-refractivity contribution >= 4 is 40.4 Å². The fraction of sp³-hybridized carbons (Fsp3) is 0.318. The van der Waals surface area contributed by atoms with Crippen LogP contribution in [0.4, 0.5) is 5.69 Å². The Hall–Kier alpha value is -2.72. The molecule has 10 heteroatoms. The van der Waals surface area contributed by atoms with E-state index < -0.39 is 0 Å². The van der Waals surface area contributed by atoms with E-state index in [4.69, 9.17) is 16.3 Å². The topological polar surface area (TPSA) is 79.7 Å². The van der Waals surface area contributed by atoms with Crippen molar-refractivity contribution < 1.29 is 14.3 Å². The van der Waals surface area contributed by atoms with E-state index >= 15 is 0 Å². The average Bonchev–Trinajstić information content (AvgIpc) is 3.39. The number of nitrogens with zero attached hydrogens (tertiary/aromatic N) is 4. The number of thiophene rings is 1. The van der Waals surface area contributed by atoms with Crippen molar-refractivity contribution in [1.29, 1.82) is 0 Å². The molecular weight excluding hydrogens is 450 g/mol. The van der Waals surface area contributed by atoms with Crippen LogP contribution in [0.5, 0.6) is 0 Å². The fourth-order valence-electron chi connectivity index (χ4n) is 3.56. The van der Waals surface area contributed by atoms with Crippen LogP contribution in [-0.4, -0.2) is 60.1 Å². The van der Waals surface area contributed by atoms with Gasteiger partial charge >= 0.3 is 0 Å². The SMILES string of the molecule is COCc1nc(CNC(=O)c2ccc(Cl)s2)cn1-c1ccc(N2CCN(C)CC2=O)cc1. The molecule has 0 bridgehead atoms. The largest absolute Gasteiger partial charge is 0.377 e. The van der Waals surface area contributed by atoms with E-state index in [1.807, 2.05) is 51.9 Å². The van der Waals surface area contributed by atoms with Gasteiger partial charge in [-0.25, -0.2) is 4.98 Å². The Balaban J connectivity index is 1.49. The Bertz CT molecular complexity index is 1110. The highest BCUT2D eigenvalue weighted by molar-refractivity contribution is 7.17. The predicted octanol–water partition coefficient (Wildman–Crippen LogP) is 2.94. The standard InChI is InChI=1S/C22H24ClN5O3S/c1-26-9-10-27(21(29)13-26)16-3-5-17(6-4-16)28-12-15(25-20(28)14-31-2)11-24-22(30)18-7-8-19(23)32-18/h3-8,12H,9-11,13-14H2,1-2H3,(H,24,30).